The number of methoxy groups -OCH3 is 2. The number of aromatic nitrogens is 2. The maximum atomic E-state index is 11.9. The van der Waals surface area contributed by atoms with E-state index >= 15 is 0 Å². The highest BCUT2D eigenvalue weighted by Gasteiger charge is 2.19. The number of pyridine rings is 1. The van der Waals surface area contributed by atoms with Crippen molar-refractivity contribution in [1.82, 2.24) is 9.97 Å². The molecule has 150 valence electrons. The highest BCUT2D eigenvalue weighted by molar-refractivity contribution is 7.14. The maximum Gasteiger partial charge on any atom is 0.357 e. The fraction of sp³-hybridized carbons (Fsp3) is 0.278. The number of nitrogens with zero attached hydrogens (tertiary/aromatic N) is 3. The van der Waals surface area contributed by atoms with Gasteiger partial charge in [0.15, 0.2) is 22.3 Å². The van der Waals surface area contributed by atoms with Gasteiger partial charge in [0.1, 0.15) is 0 Å². The quantitative estimate of drug-likeness (QED) is 0.455. The van der Waals surface area contributed by atoms with E-state index in [9.17, 15) is 4.79 Å². The number of benzene rings is 1. The standard InChI is InChI=1S/C18H20N4O4S.ClH/c1-4-26-17(23)13-9-27-18(21-13)22(10-19)14-8-20-7-11-5-15(24-2)16(25-3)6-12(11)14;/h5-9H,4,10,19H2,1-3H3;1H. The molecule has 0 aliphatic rings. The first-order chi connectivity index (χ1) is 13.1. The first-order valence-electron chi connectivity index (χ1n) is 8.22. The summed E-state index contributed by atoms with van der Waals surface area (Å²) in [6.07, 6.45) is 3.44. The van der Waals surface area contributed by atoms with Crippen LogP contribution in [0.1, 0.15) is 17.4 Å². The molecule has 0 aliphatic heterocycles. The van der Waals surface area contributed by atoms with Crippen LogP contribution in [0.4, 0.5) is 10.8 Å². The van der Waals surface area contributed by atoms with Gasteiger partial charge < -0.3 is 24.8 Å². The molecular weight excluding hydrogens is 404 g/mol. The number of thiazole rings is 1. The van der Waals surface area contributed by atoms with Gasteiger partial charge in [-0.2, -0.15) is 0 Å². The zero-order valence-electron chi connectivity index (χ0n) is 15.7. The molecule has 0 unspecified atom stereocenters. The second-order valence-corrected chi connectivity index (χ2v) is 6.27. The Balaban J connectivity index is 0.00000280. The van der Waals surface area contributed by atoms with Gasteiger partial charge >= 0.3 is 5.97 Å². The number of halogens is 1. The minimum atomic E-state index is -0.459. The number of rotatable bonds is 7. The topological polar surface area (TPSA) is 99.8 Å². The number of hydrogen-bond acceptors (Lipinski definition) is 9. The fourth-order valence-corrected chi connectivity index (χ4v) is 3.48. The van der Waals surface area contributed by atoms with Crippen molar-refractivity contribution in [1.29, 1.82) is 0 Å². The second-order valence-electron chi connectivity index (χ2n) is 5.43. The first-order valence-corrected chi connectivity index (χ1v) is 9.10. The molecule has 3 aromatic rings. The van der Waals surface area contributed by atoms with Gasteiger partial charge in [-0.3, -0.25) is 4.98 Å². The third-order valence-corrected chi connectivity index (χ3v) is 4.79. The van der Waals surface area contributed by atoms with E-state index in [4.69, 9.17) is 19.9 Å². The van der Waals surface area contributed by atoms with Crippen molar-refractivity contribution >= 4 is 51.3 Å². The van der Waals surface area contributed by atoms with E-state index in [0.29, 0.717) is 23.2 Å². The molecule has 3 rings (SSSR count). The molecule has 0 saturated carbocycles. The van der Waals surface area contributed by atoms with E-state index in [0.717, 1.165) is 16.5 Å². The SMILES string of the molecule is CCOC(=O)c1csc(N(CN)c2cncc3cc(OC)c(OC)cc23)n1.Cl. The van der Waals surface area contributed by atoms with Crippen LogP contribution in [0.15, 0.2) is 29.9 Å². The first kappa shape index (κ1) is 21.7. The molecule has 8 nitrogen and oxygen atoms in total. The number of carbonyl (C=O) groups excluding carboxylic acids is 1. The molecule has 0 fully saturated rings. The van der Waals surface area contributed by atoms with Crippen LogP contribution in [0.25, 0.3) is 10.8 Å². The minimum absolute atomic E-state index is 0. The summed E-state index contributed by atoms with van der Waals surface area (Å²) < 4.78 is 15.8. The highest BCUT2D eigenvalue weighted by Crippen LogP contribution is 2.38. The number of hydrogen-bond donors (Lipinski definition) is 1. The molecule has 0 atom stereocenters. The van der Waals surface area contributed by atoms with E-state index in [1.54, 1.807) is 43.8 Å². The van der Waals surface area contributed by atoms with E-state index in [-0.39, 0.29) is 24.8 Å². The van der Waals surface area contributed by atoms with E-state index in [1.165, 1.54) is 11.3 Å². The van der Waals surface area contributed by atoms with Gasteiger partial charge in [0.05, 0.1) is 39.4 Å². The molecule has 1 aromatic carbocycles. The van der Waals surface area contributed by atoms with Crippen LogP contribution in [-0.4, -0.2) is 43.4 Å². The lowest BCUT2D eigenvalue weighted by atomic mass is 10.1. The normalized spacial score (nSPS) is 10.3. The van der Waals surface area contributed by atoms with Crippen LogP contribution >= 0.6 is 23.7 Å². The van der Waals surface area contributed by atoms with Crippen molar-refractivity contribution in [3.8, 4) is 11.5 Å². The van der Waals surface area contributed by atoms with Crippen molar-refractivity contribution in [3.63, 3.8) is 0 Å². The molecular formula is C18H21ClN4O4S. The lowest BCUT2D eigenvalue weighted by molar-refractivity contribution is 0.0520. The summed E-state index contributed by atoms with van der Waals surface area (Å²) >= 11 is 1.31. The van der Waals surface area contributed by atoms with E-state index in [1.807, 2.05) is 12.1 Å². The molecule has 28 heavy (non-hydrogen) atoms. The third-order valence-electron chi connectivity index (χ3n) is 3.92. The number of nitrogens with two attached hydrogens (primary N) is 1. The van der Waals surface area contributed by atoms with Crippen LogP contribution in [0, 0.1) is 0 Å². The Labute approximate surface area is 172 Å². The van der Waals surface area contributed by atoms with Gasteiger partial charge in [0.2, 0.25) is 0 Å². The summed E-state index contributed by atoms with van der Waals surface area (Å²) in [5, 5.41) is 3.97. The summed E-state index contributed by atoms with van der Waals surface area (Å²) in [7, 11) is 3.16. The predicted molar refractivity (Wildman–Crippen MR) is 111 cm³/mol. The molecule has 0 bridgehead atoms. The Morgan fingerprint density at radius 2 is 1.93 bits per heavy atom. The molecule has 0 amide bonds. The van der Waals surface area contributed by atoms with Gasteiger partial charge in [0, 0.05) is 22.3 Å². The number of ether oxygens (including phenoxy) is 3. The van der Waals surface area contributed by atoms with E-state index in [2.05, 4.69) is 9.97 Å². The predicted octanol–water partition coefficient (Wildman–Crippen LogP) is 3.36. The summed E-state index contributed by atoms with van der Waals surface area (Å²) in [5.74, 6) is 0.752. The zero-order valence-corrected chi connectivity index (χ0v) is 17.3. The Morgan fingerprint density at radius 3 is 2.57 bits per heavy atom. The van der Waals surface area contributed by atoms with Crippen LogP contribution in [0.5, 0.6) is 11.5 Å². The van der Waals surface area contributed by atoms with Crippen molar-refractivity contribution in [2.24, 2.45) is 5.73 Å². The Kier molecular flexibility index (Phi) is 7.38. The van der Waals surface area contributed by atoms with Crippen LogP contribution in [-0.2, 0) is 4.74 Å². The average molecular weight is 425 g/mol. The molecule has 0 spiro atoms. The molecule has 0 saturated heterocycles. The minimum Gasteiger partial charge on any atom is -0.493 e. The zero-order chi connectivity index (χ0) is 19.4. The highest BCUT2D eigenvalue weighted by atomic mass is 35.5. The van der Waals surface area contributed by atoms with Gasteiger partial charge in [0.25, 0.3) is 0 Å². The molecule has 2 heterocycles. The smallest absolute Gasteiger partial charge is 0.357 e. The fourth-order valence-electron chi connectivity index (χ4n) is 2.66. The van der Waals surface area contributed by atoms with Gasteiger partial charge in [-0.05, 0) is 19.1 Å². The summed E-state index contributed by atoms with van der Waals surface area (Å²) in [6.45, 7) is 2.20. The Bertz CT molecular complexity index is 966. The van der Waals surface area contributed by atoms with Gasteiger partial charge in [-0.25, -0.2) is 9.78 Å². The average Bonchev–Trinajstić information content (AvgIpc) is 3.17. The molecule has 10 heteroatoms. The van der Waals surface area contributed by atoms with Crippen LogP contribution in [0.2, 0.25) is 0 Å². The van der Waals surface area contributed by atoms with Crippen LogP contribution < -0.4 is 20.1 Å². The third kappa shape index (κ3) is 4.11. The molecule has 2 N–H and O–H groups in total. The van der Waals surface area contributed by atoms with Crippen molar-refractivity contribution in [2.75, 3.05) is 32.4 Å². The number of esters is 1. The largest absolute Gasteiger partial charge is 0.493 e. The Hall–Kier alpha value is -2.62. The van der Waals surface area contributed by atoms with Crippen molar-refractivity contribution in [3.05, 3.63) is 35.6 Å². The second kappa shape index (κ2) is 9.54. The number of carbonyl (C=O) groups is 1. The summed E-state index contributed by atoms with van der Waals surface area (Å²) in [6, 6.07) is 3.72. The summed E-state index contributed by atoms with van der Waals surface area (Å²) in [5.41, 5.74) is 6.99. The molecule has 2 aromatic heterocycles. The van der Waals surface area contributed by atoms with Gasteiger partial charge in [-0.15, -0.1) is 23.7 Å². The number of fused-ring (bicyclic) bond motifs is 1. The van der Waals surface area contributed by atoms with Crippen LogP contribution in [0.3, 0.4) is 0 Å². The lowest BCUT2D eigenvalue weighted by Gasteiger charge is -2.21. The number of anilines is 2. The monoisotopic (exact) mass is 424 g/mol. The van der Waals surface area contributed by atoms with E-state index < -0.39 is 5.97 Å². The molecule has 0 radical (unpaired) electrons. The summed E-state index contributed by atoms with van der Waals surface area (Å²) in [4.78, 5) is 22.4. The van der Waals surface area contributed by atoms with Crippen molar-refractivity contribution < 1.29 is 19.0 Å². The van der Waals surface area contributed by atoms with Gasteiger partial charge in [-0.1, -0.05) is 0 Å². The lowest BCUT2D eigenvalue weighted by Crippen LogP contribution is -2.25. The Morgan fingerprint density at radius 1 is 1.21 bits per heavy atom. The van der Waals surface area contributed by atoms with Crippen molar-refractivity contribution in [2.45, 2.75) is 6.92 Å². The molecule has 0 aliphatic carbocycles. The maximum absolute atomic E-state index is 11.9.